The lowest BCUT2D eigenvalue weighted by atomic mass is 9.95. The molecule has 1 rings (SSSR count). The number of unbranched alkanes of at least 4 members (excludes halogenated alkanes) is 1. The van der Waals surface area contributed by atoms with Gasteiger partial charge in [0.1, 0.15) is 5.54 Å². The van der Waals surface area contributed by atoms with Crippen LogP contribution in [-0.4, -0.2) is 62.9 Å². The van der Waals surface area contributed by atoms with E-state index in [1.165, 1.54) is 0 Å². The van der Waals surface area contributed by atoms with E-state index in [0.717, 1.165) is 45.3 Å². The van der Waals surface area contributed by atoms with Crippen LogP contribution in [0.2, 0.25) is 0 Å². The molecule has 0 spiro atoms. The summed E-state index contributed by atoms with van der Waals surface area (Å²) in [6.07, 6.45) is 4.46. The van der Waals surface area contributed by atoms with Crippen molar-refractivity contribution in [3.05, 3.63) is 0 Å². The quantitative estimate of drug-likeness (QED) is 0.513. The van der Waals surface area contributed by atoms with Gasteiger partial charge in [0.2, 0.25) is 0 Å². The summed E-state index contributed by atoms with van der Waals surface area (Å²) in [4.78, 5) is 14.4. The molecule has 20 heavy (non-hydrogen) atoms. The molecule has 2 atom stereocenters. The Kier molecular flexibility index (Phi) is 7.48. The number of nitrogens with zero attached hydrogens (tertiary/aromatic N) is 1. The molecule has 0 aliphatic carbocycles. The van der Waals surface area contributed by atoms with Crippen LogP contribution in [0, 0.1) is 0 Å². The van der Waals surface area contributed by atoms with Gasteiger partial charge in [-0.3, -0.25) is 4.79 Å². The zero-order valence-corrected chi connectivity index (χ0v) is 13.4. The highest BCUT2D eigenvalue weighted by atomic mass is 16.5. The summed E-state index contributed by atoms with van der Waals surface area (Å²) >= 11 is 0. The number of esters is 1. The van der Waals surface area contributed by atoms with Gasteiger partial charge in [-0.15, -0.1) is 0 Å². The molecule has 0 saturated carbocycles. The molecule has 1 heterocycles. The van der Waals surface area contributed by atoms with Crippen molar-refractivity contribution in [2.75, 3.05) is 40.4 Å². The molecule has 0 amide bonds. The molecule has 0 aromatic rings. The van der Waals surface area contributed by atoms with Crippen molar-refractivity contribution in [3.8, 4) is 0 Å². The predicted octanol–water partition coefficient (Wildman–Crippen LogP) is 1.42. The fourth-order valence-corrected chi connectivity index (χ4v) is 2.63. The van der Waals surface area contributed by atoms with Gasteiger partial charge in [0.05, 0.1) is 12.7 Å². The molecule has 5 nitrogen and oxygen atoms in total. The third-order valence-corrected chi connectivity index (χ3v) is 4.24. The van der Waals surface area contributed by atoms with Crippen LogP contribution in [0.1, 0.15) is 39.5 Å². The van der Waals surface area contributed by atoms with Crippen LogP contribution < -0.4 is 5.32 Å². The molecule has 0 radical (unpaired) electrons. The van der Waals surface area contributed by atoms with Crippen LogP contribution in [0.25, 0.3) is 0 Å². The number of carbonyl (C=O) groups excluding carboxylic acids is 1. The average molecular weight is 286 g/mol. The van der Waals surface area contributed by atoms with E-state index in [2.05, 4.69) is 10.2 Å². The highest BCUT2D eigenvalue weighted by molar-refractivity contribution is 5.80. The van der Waals surface area contributed by atoms with Crippen molar-refractivity contribution in [2.24, 2.45) is 0 Å². The van der Waals surface area contributed by atoms with Gasteiger partial charge in [-0.25, -0.2) is 0 Å². The monoisotopic (exact) mass is 286 g/mol. The van der Waals surface area contributed by atoms with Crippen molar-refractivity contribution in [1.82, 2.24) is 10.2 Å². The maximum absolute atomic E-state index is 11.9. The molecule has 0 aromatic carbocycles. The number of hydrogen-bond donors (Lipinski definition) is 1. The topological polar surface area (TPSA) is 50.8 Å². The Morgan fingerprint density at radius 2 is 2.20 bits per heavy atom. The highest BCUT2D eigenvalue weighted by Crippen LogP contribution is 2.17. The van der Waals surface area contributed by atoms with E-state index in [1.807, 2.05) is 20.9 Å². The fraction of sp³-hybridized carbons (Fsp3) is 0.933. The molecular formula is C15H30N2O3. The molecule has 2 unspecified atom stereocenters. The number of hydrogen-bond acceptors (Lipinski definition) is 5. The Bertz CT molecular complexity index is 299. The van der Waals surface area contributed by atoms with Gasteiger partial charge in [0.15, 0.2) is 0 Å². The van der Waals surface area contributed by atoms with E-state index in [4.69, 9.17) is 9.47 Å². The Morgan fingerprint density at radius 3 is 2.75 bits per heavy atom. The summed E-state index contributed by atoms with van der Waals surface area (Å²) < 4.78 is 10.5. The Morgan fingerprint density at radius 1 is 1.45 bits per heavy atom. The van der Waals surface area contributed by atoms with Gasteiger partial charge in [-0.05, 0) is 53.1 Å². The zero-order chi connectivity index (χ0) is 15.0. The first-order chi connectivity index (χ1) is 9.55. The summed E-state index contributed by atoms with van der Waals surface area (Å²) in [5.74, 6) is -0.150. The number of rotatable bonds is 9. The second-order valence-electron chi connectivity index (χ2n) is 5.71. The first kappa shape index (κ1) is 17.4. The molecule has 0 bridgehead atoms. The van der Waals surface area contributed by atoms with Crippen molar-refractivity contribution in [1.29, 1.82) is 0 Å². The molecule has 5 heteroatoms. The van der Waals surface area contributed by atoms with Crippen molar-refractivity contribution < 1.29 is 14.3 Å². The summed E-state index contributed by atoms with van der Waals surface area (Å²) in [7, 11) is 3.60. The van der Waals surface area contributed by atoms with Crippen molar-refractivity contribution in [2.45, 2.75) is 51.2 Å². The number of nitrogens with one attached hydrogen (secondary N) is 1. The van der Waals surface area contributed by atoms with Gasteiger partial charge in [-0.1, -0.05) is 0 Å². The van der Waals surface area contributed by atoms with Crippen LogP contribution >= 0.6 is 0 Å². The normalized spacial score (nSPS) is 22.7. The van der Waals surface area contributed by atoms with Gasteiger partial charge in [-0.2, -0.15) is 0 Å². The van der Waals surface area contributed by atoms with E-state index < -0.39 is 5.54 Å². The second kappa shape index (κ2) is 8.60. The summed E-state index contributed by atoms with van der Waals surface area (Å²) in [5, 5.41) is 3.10. The van der Waals surface area contributed by atoms with E-state index >= 15 is 0 Å². The minimum Gasteiger partial charge on any atom is -0.465 e. The van der Waals surface area contributed by atoms with Crippen LogP contribution in [0.3, 0.4) is 0 Å². The van der Waals surface area contributed by atoms with Gasteiger partial charge >= 0.3 is 5.97 Å². The molecule has 1 aliphatic heterocycles. The van der Waals surface area contributed by atoms with Crippen molar-refractivity contribution >= 4 is 5.97 Å². The van der Waals surface area contributed by atoms with Gasteiger partial charge < -0.3 is 19.7 Å². The summed E-state index contributed by atoms with van der Waals surface area (Å²) in [6, 6.07) is 0. The SMILES string of the molecule is CCOC(=O)C(C)(CCCCN1CCC(OC)C1)NC. The standard InChI is InChI=1S/C15H30N2O3/c1-5-20-14(18)15(2,16-3)9-6-7-10-17-11-8-13(12-17)19-4/h13,16H,5-12H2,1-4H3. The number of likely N-dealkylation sites (tertiary alicyclic amines) is 1. The van der Waals surface area contributed by atoms with Gasteiger partial charge in [0, 0.05) is 20.2 Å². The number of methoxy groups -OCH3 is 1. The third kappa shape index (κ3) is 5.04. The molecule has 1 saturated heterocycles. The molecule has 1 fully saturated rings. The largest absolute Gasteiger partial charge is 0.465 e. The number of likely N-dealkylation sites (N-methyl/N-ethyl adjacent to an activating group) is 1. The molecule has 1 aliphatic rings. The minimum atomic E-state index is -0.559. The van der Waals surface area contributed by atoms with Crippen LogP contribution in [0.15, 0.2) is 0 Å². The number of ether oxygens (including phenoxy) is 2. The third-order valence-electron chi connectivity index (χ3n) is 4.24. The molecule has 118 valence electrons. The highest BCUT2D eigenvalue weighted by Gasteiger charge is 2.32. The van der Waals surface area contributed by atoms with E-state index in [-0.39, 0.29) is 5.97 Å². The maximum Gasteiger partial charge on any atom is 0.326 e. The lowest BCUT2D eigenvalue weighted by molar-refractivity contribution is -0.150. The van der Waals surface area contributed by atoms with Crippen LogP contribution in [0.5, 0.6) is 0 Å². The van der Waals surface area contributed by atoms with Gasteiger partial charge in [0.25, 0.3) is 0 Å². The molecular weight excluding hydrogens is 256 g/mol. The molecule has 1 N–H and O–H groups in total. The Hall–Kier alpha value is -0.650. The van der Waals surface area contributed by atoms with Crippen LogP contribution in [-0.2, 0) is 14.3 Å². The van der Waals surface area contributed by atoms with E-state index in [1.54, 1.807) is 7.11 Å². The first-order valence-corrected chi connectivity index (χ1v) is 7.67. The average Bonchev–Trinajstić information content (AvgIpc) is 2.91. The van der Waals surface area contributed by atoms with Crippen LogP contribution in [0.4, 0.5) is 0 Å². The molecule has 0 aromatic heterocycles. The second-order valence-corrected chi connectivity index (χ2v) is 5.71. The predicted molar refractivity (Wildman–Crippen MR) is 79.8 cm³/mol. The Labute approximate surface area is 123 Å². The summed E-state index contributed by atoms with van der Waals surface area (Å²) in [5.41, 5.74) is -0.559. The Balaban J connectivity index is 2.23. The smallest absolute Gasteiger partial charge is 0.326 e. The fourth-order valence-electron chi connectivity index (χ4n) is 2.63. The summed E-state index contributed by atoms with van der Waals surface area (Å²) in [6.45, 7) is 7.44. The maximum atomic E-state index is 11.9. The zero-order valence-electron chi connectivity index (χ0n) is 13.4. The van der Waals surface area contributed by atoms with E-state index in [9.17, 15) is 4.79 Å². The first-order valence-electron chi connectivity index (χ1n) is 7.67. The number of carbonyl (C=O) groups is 1. The van der Waals surface area contributed by atoms with Crippen molar-refractivity contribution in [3.63, 3.8) is 0 Å². The van der Waals surface area contributed by atoms with E-state index in [0.29, 0.717) is 12.7 Å². The lowest BCUT2D eigenvalue weighted by Crippen LogP contribution is -2.48. The lowest BCUT2D eigenvalue weighted by Gasteiger charge is -2.27. The minimum absolute atomic E-state index is 0.150.